The molecule has 0 unspecified atom stereocenters. The van der Waals surface area contributed by atoms with Crippen LogP contribution in [0.15, 0.2) is 18.2 Å². The fourth-order valence-electron chi connectivity index (χ4n) is 3.11. The molecule has 19 heavy (non-hydrogen) atoms. The molecule has 4 heteroatoms. The number of hydrogen-bond acceptors (Lipinski definition) is 4. The van der Waals surface area contributed by atoms with E-state index >= 15 is 0 Å². The Balaban J connectivity index is 2.37. The number of hydrogen-bond donors (Lipinski definition) is 2. The summed E-state index contributed by atoms with van der Waals surface area (Å²) in [7, 11) is 3.60. The van der Waals surface area contributed by atoms with E-state index in [0.717, 1.165) is 18.7 Å². The Morgan fingerprint density at radius 2 is 2.16 bits per heavy atom. The van der Waals surface area contributed by atoms with E-state index in [1.807, 2.05) is 13.0 Å². The molecule has 0 spiro atoms. The molecule has 1 heterocycles. The zero-order chi connectivity index (χ0) is 14.2. The van der Waals surface area contributed by atoms with E-state index in [1.54, 1.807) is 12.1 Å². The summed E-state index contributed by atoms with van der Waals surface area (Å²) in [5.41, 5.74) is 0.849. The second-order valence-corrected chi connectivity index (χ2v) is 5.86. The number of phenolic OH excluding ortho intramolecular Hbond substituents is 1. The lowest BCUT2D eigenvalue weighted by Crippen LogP contribution is -2.36. The summed E-state index contributed by atoms with van der Waals surface area (Å²) < 4.78 is 5.07. The molecule has 2 rings (SSSR count). The van der Waals surface area contributed by atoms with Crippen LogP contribution in [0.5, 0.6) is 11.5 Å². The van der Waals surface area contributed by atoms with Crippen molar-refractivity contribution in [1.82, 2.24) is 4.90 Å². The van der Waals surface area contributed by atoms with E-state index in [4.69, 9.17) is 4.74 Å². The second kappa shape index (κ2) is 5.02. The molecule has 106 valence electrons. The second-order valence-electron chi connectivity index (χ2n) is 5.86. The van der Waals surface area contributed by atoms with Crippen LogP contribution in [-0.2, 0) is 0 Å². The number of benzene rings is 1. The van der Waals surface area contributed by atoms with Gasteiger partial charge in [-0.3, -0.25) is 0 Å². The number of rotatable bonds is 3. The van der Waals surface area contributed by atoms with Gasteiger partial charge in [-0.05, 0) is 31.7 Å². The number of nitrogens with zero attached hydrogens (tertiary/aromatic N) is 1. The van der Waals surface area contributed by atoms with Crippen LogP contribution in [0.4, 0.5) is 0 Å². The van der Waals surface area contributed by atoms with Crippen molar-refractivity contribution in [2.45, 2.75) is 25.9 Å². The number of aromatic hydroxyl groups is 1. The standard InChI is InChI=1S/C15H23NO3/c1-10(17)15(2)9-16(3)8-12(15)11-5-6-14(19-4)13(18)7-11/h5-7,10,12,17-18H,8-9H2,1-4H3/t10-,12+,15+/m1/s1. The highest BCUT2D eigenvalue weighted by molar-refractivity contribution is 5.43. The largest absolute Gasteiger partial charge is 0.504 e. The van der Waals surface area contributed by atoms with Crippen LogP contribution in [0.25, 0.3) is 0 Å². The predicted molar refractivity (Wildman–Crippen MR) is 74.7 cm³/mol. The highest BCUT2D eigenvalue weighted by Gasteiger charge is 2.45. The van der Waals surface area contributed by atoms with E-state index in [-0.39, 0.29) is 17.1 Å². The van der Waals surface area contributed by atoms with Crippen molar-refractivity contribution in [1.29, 1.82) is 0 Å². The van der Waals surface area contributed by atoms with Gasteiger partial charge in [0.1, 0.15) is 0 Å². The maximum Gasteiger partial charge on any atom is 0.160 e. The Morgan fingerprint density at radius 3 is 2.68 bits per heavy atom. The van der Waals surface area contributed by atoms with Gasteiger partial charge in [0.05, 0.1) is 13.2 Å². The molecular weight excluding hydrogens is 242 g/mol. The van der Waals surface area contributed by atoms with Crippen molar-refractivity contribution in [3.8, 4) is 11.5 Å². The van der Waals surface area contributed by atoms with Crippen LogP contribution in [0.2, 0.25) is 0 Å². The van der Waals surface area contributed by atoms with Crippen LogP contribution < -0.4 is 4.74 Å². The molecule has 1 aromatic carbocycles. The molecule has 0 aromatic heterocycles. The number of aliphatic hydroxyl groups excluding tert-OH is 1. The quantitative estimate of drug-likeness (QED) is 0.875. The minimum absolute atomic E-state index is 0.155. The first-order valence-electron chi connectivity index (χ1n) is 6.62. The Bertz CT molecular complexity index is 461. The van der Waals surface area contributed by atoms with Gasteiger partial charge < -0.3 is 19.8 Å². The summed E-state index contributed by atoms with van der Waals surface area (Å²) in [5.74, 6) is 0.839. The number of aliphatic hydroxyl groups is 1. The van der Waals surface area contributed by atoms with Crippen LogP contribution >= 0.6 is 0 Å². The van der Waals surface area contributed by atoms with Gasteiger partial charge in [-0.15, -0.1) is 0 Å². The van der Waals surface area contributed by atoms with Gasteiger partial charge in [0.15, 0.2) is 11.5 Å². The summed E-state index contributed by atoms with van der Waals surface area (Å²) in [6, 6.07) is 5.51. The van der Waals surface area contributed by atoms with Crippen molar-refractivity contribution in [2.75, 3.05) is 27.2 Å². The molecule has 2 N–H and O–H groups in total. The first-order valence-corrected chi connectivity index (χ1v) is 6.62. The summed E-state index contributed by atoms with van der Waals surface area (Å²) in [6.07, 6.45) is -0.397. The SMILES string of the molecule is COc1ccc([C@@H]2CN(C)C[C@@]2(C)[C@@H](C)O)cc1O. The number of ether oxygens (including phenoxy) is 1. The van der Waals surface area contributed by atoms with Crippen LogP contribution in [0.3, 0.4) is 0 Å². The van der Waals surface area contributed by atoms with Crippen LogP contribution in [0.1, 0.15) is 25.3 Å². The Labute approximate surface area is 114 Å². The third-order valence-electron chi connectivity index (χ3n) is 4.46. The van der Waals surface area contributed by atoms with Crippen molar-refractivity contribution in [3.05, 3.63) is 23.8 Å². The minimum atomic E-state index is -0.397. The van der Waals surface area contributed by atoms with Crippen LogP contribution in [0, 0.1) is 5.41 Å². The molecule has 1 aromatic rings. The van der Waals surface area contributed by atoms with E-state index in [9.17, 15) is 10.2 Å². The molecular formula is C15H23NO3. The molecule has 1 saturated heterocycles. The number of phenols is 1. The van der Waals surface area contributed by atoms with E-state index in [1.165, 1.54) is 7.11 Å². The maximum atomic E-state index is 10.1. The average molecular weight is 265 g/mol. The molecule has 1 fully saturated rings. The van der Waals surface area contributed by atoms with Crippen molar-refractivity contribution in [2.24, 2.45) is 5.41 Å². The normalized spacial score (nSPS) is 29.4. The molecule has 3 atom stereocenters. The number of likely N-dealkylation sites (N-methyl/N-ethyl adjacent to an activating group) is 1. The van der Waals surface area contributed by atoms with Gasteiger partial charge in [0.25, 0.3) is 0 Å². The van der Waals surface area contributed by atoms with Crippen molar-refractivity contribution >= 4 is 0 Å². The van der Waals surface area contributed by atoms with Gasteiger partial charge >= 0.3 is 0 Å². The summed E-state index contributed by atoms with van der Waals surface area (Å²) in [4.78, 5) is 2.22. The lowest BCUT2D eigenvalue weighted by atomic mass is 9.72. The molecule has 0 amide bonds. The topological polar surface area (TPSA) is 52.9 Å². The fourth-order valence-corrected chi connectivity index (χ4v) is 3.11. The van der Waals surface area contributed by atoms with Crippen molar-refractivity contribution < 1.29 is 14.9 Å². The average Bonchev–Trinajstić information content (AvgIpc) is 2.66. The molecule has 0 saturated carbocycles. The third-order valence-corrected chi connectivity index (χ3v) is 4.46. The predicted octanol–water partition coefficient (Wildman–Crippen LogP) is 1.82. The maximum absolute atomic E-state index is 10.1. The third kappa shape index (κ3) is 2.42. The van der Waals surface area contributed by atoms with Gasteiger partial charge in [-0.2, -0.15) is 0 Å². The smallest absolute Gasteiger partial charge is 0.160 e. The zero-order valence-electron chi connectivity index (χ0n) is 12.1. The number of likely N-dealkylation sites (tertiary alicyclic amines) is 1. The Kier molecular flexibility index (Phi) is 3.74. The van der Waals surface area contributed by atoms with Gasteiger partial charge in [0, 0.05) is 24.4 Å². The van der Waals surface area contributed by atoms with E-state index in [0.29, 0.717) is 5.75 Å². The van der Waals surface area contributed by atoms with Crippen molar-refractivity contribution in [3.63, 3.8) is 0 Å². The Morgan fingerprint density at radius 1 is 1.47 bits per heavy atom. The molecule has 0 aliphatic carbocycles. The highest BCUT2D eigenvalue weighted by atomic mass is 16.5. The lowest BCUT2D eigenvalue weighted by molar-refractivity contribution is 0.0495. The molecule has 0 radical (unpaired) electrons. The minimum Gasteiger partial charge on any atom is -0.504 e. The van der Waals surface area contributed by atoms with Crippen LogP contribution in [-0.4, -0.2) is 48.5 Å². The summed E-state index contributed by atoms with van der Waals surface area (Å²) >= 11 is 0. The summed E-state index contributed by atoms with van der Waals surface area (Å²) in [6.45, 7) is 5.68. The van der Waals surface area contributed by atoms with E-state index in [2.05, 4.69) is 18.9 Å². The zero-order valence-corrected chi connectivity index (χ0v) is 12.1. The molecule has 0 bridgehead atoms. The first kappa shape index (κ1) is 14.2. The number of methoxy groups -OCH3 is 1. The monoisotopic (exact) mass is 265 g/mol. The fraction of sp³-hybridized carbons (Fsp3) is 0.600. The first-order chi connectivity index (χ1) is 8.88. The van der Waals surface area contributed by atoms with E-state index < -0.39 is 6.10 Å². The van der Waals surface area contributed by atoms with Gasteiger partial charge in [-0.25, -0.2) is 0 Å². The highest BCUT2D eigenvalue weighted by Crippen LogP contribution is 2.46. The molecule has 1 aliphatic rings. The molecule has 1 aliphatic heterocycles. The molecule has 4 nitrogen and oxygen atoms in total. The van der Waals surface area contributed by atoms with Gasteiger partial charge in [0.2, 0.25) is 0 Å². The van der Waals surface area contributed by atoms with Gasteiger partial charge in [-0.1, -0.05) is 13.0 Å². The lowest BCUT2D eigenvalue weighted by Gasteiger charge is -2.34. The Hall–Kier alpha value is -1.26. The summed E-state index contributed by atoms with van der Waals surface area (Å²) in [5, 5.41) is 20.0.